The third kappa shape index (κ3) is 2.29. The lowest BCUT2D eigenvalue weighted by Crippen LogP contribution is -2.21. The number of hydrogen-bond acceptors (Lipinski definition) is 2. The van der Waals surface area contributed by atoms with Crippen LogP contribution in [0.4, 0.5) is 0 Å². The molecule has 1 atom stereocenters. The first kappa shape index (κ1) is 11.2. The Labute approximate surface area is 100 Å². The van der Waals surface area contributed by atoms with Gasteiger partial charge in [-0.2, -0.15) is 0 Å². The molecule has 0 bridgehead atoms. The fourth-order valence-electron chi connectivity index (χ4n) is 1.77. The molecule has 0 saturated carbocycles. The maximum Gasteiger partial charge on any atom is 0.198 e. The normalized spacial score (nSPS) is 12.6. The molecule has 1 aromatic heterocycles. The number of nitrogens with one attached hydrogen (secondary N) is 1. The molecular weight excluding hydrogens is 222 g/mol. The maximum absolute atomic E-state index is 6.01. The molecule has 2 aromatic rings. The van der Waals surface area contributed by atoms with Gasteiger partial charge in [-0.15, -0.1) is 0 Å². The SMILES string of the molecule is CCNC(c1ccccc1)c1ccoc1Cl. The van der Waals surface area contributed by atoms with E-state index in [9.17, 15) is 0 Å². The molecule has 2 nitrogen and oxygen atoms in total. The van der Waals surface area contributed by atoms with Gasteiger partial charge >= 0.3 is 0 Å². The Morgan fingerprint density at radius 2 is 2.00 bits per heavy atom. The van der Waals surface area contributed by atoms with E-state index in [-0.39, 0.29) is 6.04 Å². The third-order valence-corrected chi connectivity index (χ3v) is 2.81. The first-order chi connectivity index (χ1) is 7.83. The molecule has 2 rings (SSSR count). The van der Waals surface area contributed by atoms with Crippen molar-refractivity contribution in [2.75, 3.05) is 6.54 Å². The number of benzene rings is 1. The molecular formula is C13H14ClNO. The highest BCUT2D eigenvalue weighted by molar-refractivity contribution is 6.29. The van der Waals surface area contributed by atoms with E-state index in [0.717, 1.165) is 12.1 Å². The van der Waals surface area contributed by atoms with Gasteiger partial charge in [0.2, 0.25) is 0 Å². The predicted octanol–water partition coefficient (Wildman–Crippen LogP) is 3.63. The molecule has 0 aliphatic heterocycles. The molecule has 3 heteroatoms. The fourth-order valence-corrected chi connectivity index (χ4v) is 1.99. The van der Waals surface area contributed by atoms with Crippen LogP contribution in [0.2, 0.25) is 5.22 Å². The number of hydrogen-bond donors (Lipinski definition) is 1. The van der Waals surface area contributed by atoms with E-state index < -0.39 is 0 Å². The highest BCUT2D eigenvalue weighted by Crippen LogP contribution is 2.28. The van der Waals surface area contributed by atoms with Crippen molar-refractivity contribution >= 4 is 11.6 Å². The van der Waals surface area contributed by atoms with Gasteiger partial charge in [-0.3, -0.25) is 0 Å². The Balaban J connectivity index is 2.35. The molecule has 0 fully saturated rings. The van der Waals surface area contributed by atoms with Crippen LogP contribution in [0.15, 0.2) is 47.1 Å². The zero-order valence-electron chi connectivity index (χ0n) is 9.11. The molecule has 1 N–H and O–H groups in total. The highest BCUT2D eigenvalue weighted by atomic mass is 35.5. The zero-order valence-corrected chi connectivity index (χ0v) is 9.87. The van der Waals surface area contributed by atoms with Crippen molar-refractivity contribution in [3.8, 4) is 0 Å². The molecule has 0 aliphatic rings. The highest BCUT2D eigenvalue weighted by Gasteiger charge is 2.17. The molecule has 84 valence electrons. The number of rotatable bonds is 4. The largest absolute Gasteiger partial charge is 0.453 e. The summed E-state index contributed by atoms with van der Waals surface area (Å²) in [6.45, 7) is 2.95. The van der Waals surface area contributed by atoms with E-state index in [1.807, 2.05) is 24.3 Å². The summed E-state index contributed by atoms with van der Waals surface area (Å²) < 4.78 is 5.14. The molecule has 16 heavy (non-hydrogen) atoms. The van der Waals surface area contributed by atoms with Gasteiger partial charge < -0.3 is 9.73 Å². The monoisotopic (exact) mass is 235 g/mol. The molecule has 0 radical (unpaired) electrons. The summed E-state index contributed by atoms with van der Waals surface area (Å²) in [5, 5.41) is 3.85. The lowest BCUT2D eigenvalue weighted by Gasteiger charge is -2.17. The van der Waals surface area contributed by atoms with Crippen LogP contribution in [0.3, 0.4) is 0 Å². The second-order valence-corrected chi connectivity index (χ2v) is 3.89. The lowest BCUT2D eigenvalue weighted by molar-refractivity contribution is 0.555. The van der Waals surface area contributed by atoms with Gasteiger partial charge in [0.05, 0.1) is 12.3 Å². The topological polar surface area (TPSA) is 25.2 Å². The second-order valence-electron chi connectivity index (χ2n) is 3.55. The Bertz CT molecular complexity index is 438. The second kappa shape index (κ2) is 5.19. The average Bonchev–Trinajstić information content (AvgIpc) is 2.73. The van der Waals surface area contributed by atoms with Crippen LogP contribution in [-0.2, 0) is 0 Å². The fraction of sp³-hybridized carbons (Fsp3) is 0.231. The molecule has 0 spiro atoms. The van der Waals surface area contributed by atoms with Crippen molar-refractivity contribution in [2.45, 2.75) is 13.0 Å². The Hall–Kier alpha value is -1.25. The third-order valence-electron chi connectivity index (χ3n) is 2.50. The van der Waals surface area contributed by atoms with E-state index in [1.165, 1.54) is 5.56 Å². The van der Waals surface area contributed by atoms with Crippen LogP contribution in [0.25, 0.3) is 0 Å². The summed E-state index contributed by atoms with van der Waals surface area (Å²) in [7, 11) is 0. The van der Waals surface area contributed by atoms with Crippen molar-refractivity contribution in [1.82, 2.24) is 5.32 Å². The van der Waals surface area contributed by atoms with Crippen LogP contribution in [0, 0.1) is 0 Å². The van der Waals surface area contributed by atoms with Crippen LogP contribution in [-0.4, -0.2) is 6.54 Å². The average molecular weight is 236 g/mol. The van der Waals surface area contributed by atoms with E-state index in [4.69, 9.17) is 16.0 Å². The summed E-state index contributed by atoms with van der Waals surface area (Å²) in [5.41, 5.74) is 2.17. The summed E-state index contributed by atoms with van der Waals surface area (Å²) in [4.78, 5) is 0. The first-order valence-corrected chi connectivity index (χ1v) is 5.72. The van der Waals surface area contributed by atoms with Crippen molar-refractivity contribution in [3.05, 3.63) is 59.0 Å². The first-order valence-electron chi connectivity index (χ1n) is 5.34. The minimum absolute atomic E-state index is 0.0949. The summed E-state index contributed by atoms with van der Waals surface area (Å²) >= 11 is 6.01. The molecule has 1 aromatic carbocycles. The van der Waals surface area contributed by atoms with Crippen LogP contribution >= 0.6 is 11.6 Å². The lowest BCUT2D eigenvalue weighted by atomic mass is 10.0. The van der Waals surface area contributed by atoms with Crippen molar-refractivity contribution in [2.24, 2.45) is 0 Å². The van der Waals surface area contributed by atoms with Crippen molar-refractivity contribution in [3.63, 3.8) is 0 Å². The minimum atomic E-state index is 0.0949. The number of furan rings is 1. The summed E-state index contributed by atoms with van der Waals surface area (Å²) in [5.74, 6) is 0. The van der Waals surface area contributed by atoms with Gasteiger partial charge in [0.25, 0.3) is 0 Å². The van der Waals surface area contributed by atoms with Crippen molar-refractivity contribution < 1.29 is 4.42 Å². The summed E-state index contributed by atoms with van der Waals surface area (Å²) in [6.07, 6.45) is 1.62. The minimum Gasteiger partial charge on any atom is -0.453 e. The number of halogens is 1. The van der Waals surface area contributed by atoms with E-state index in [1.54, 1.807) is 6.26 Å². The molecule has 1 heterocycles. The zero-order chi connectivity index (χ0) is 11.4. The van der Waals surface area contributed by atoms with Gasteiger partial charge in [0.1, 0.15) is 0 Å². The summed E-state index contributed by atoms with van der Waals surface area (Å²) in [6, 6.07) is 12.2. The molecule has 0 saturated heterocycles. The van der Waals surface area contributed by atoms with E-state index in [0.29, 0.717) is 5.22 Å². The van der Waals surface area contributed by atoms with Crippen LogP contribution in [0.5, 0.6) is 0 Å². The Kier molecular flexibility index (Phi) is 3.65. The van der Waals surface area contributed by atoms with Gasteiger partial charge in [0.15, 0.2) is 5.22 Å². The molecule has 0 aliphatic carbocycles. The molecule has 0 amide bonds. The van der Waals surface area contributed by atoms with Gasteiger partial charge in [-0.05, 0) is 29.8 Å². The van der Waals surface area contributed by atoms with Gasteiger partial charge in [-0.1, -0.05) is 37.3 Å². The van der Waals surface area contributed by atoms with Crippen LogP contribution in [0.1, 0.15) is 24.1 Å². The maximum atomic E-state index is 6.01. The Morgan fingerprint density at radius 3 is 2.56 bits per heavy atom. The molecule has 1 unspecified atom stereocenters. The standard InChI is InChI=1S/C13H14ClNO/c1-2-15-12(10-6-4-3-5-7-10)11-8-9-16-13(11)14/h3-9,12,15H,2H2,1H3. The van der Waals surface area contributed by atoms with E-state index in [2.05, 4.69) is 24.4 Å². The Morgan fingerprint density at radius 1 is 1.25 bits per heavy atom. The van der Waals surface area contributed by atoms with Crippen LogP contribution < -0.4 is 5.32 Å². The van der Waals surface area contributed by atoms with E-state index >= 15 is 0 Å². The quantitative estimate of drug-likeness (QED) is 0.876. The van der Waals surface area contributed by atoms with Gasteiger partial charge in [-0.25, -0.2) is 0 Å². The predicted molar refractivity (Wildman–Crippen MR) is 65.7 cm³/mol. The smallest absolute Gasteiger partial charge is 0.198 e. The van der Waals surface area contributed by atoms with Crippen molar-refractivity contribution in [1.29, 1.82) is 0 Å². The van der Waals surface area contributed by atoms with Gasteiger partial charge in [0, 0.05) is 5.56 Å².